The molecule has 0 aromatic heterocycles. The van der Waals surface area contributed by atoms with Crippen molar-refractivity contribution in [3.05, 3.63) is 231 Å². The molecule has 598 valence electrons. The third kappa shape index (κ3) is 35.1. The van der Waals surface area contributed by atoms with Crippen molar-refractivity contribution in [3.8, 4) is 0 Å². The Morgan fingerprint density at radius 2 is 0.745 bits per heavy atom. The van der Waals surface area contributed by atoms with Crippen molar-refractivity contribution >= 4 is 58.6 Å². The largest absolute Gasteiger partial charge is 1.00 e. The molecule has 2 atom stereocenters. The number of likely N-dealkylation sites (tertiary alicyclic amines) is 2. The van der Waals surface area contributed by atoms with Crippen LogP contribution in [0.2, 0.25) is 0 Å². The van der Waals surface area contributed by atoms with Gasteiger partial charge in [-0.25, -0.2) is 9.59 Å². The van der Waals surface area contributed by atoms with Crippen molar-refractivity contribution < 1.29 is 181 Å². The van der Waals surface area contributed by atoms with Crippen LogP contribution < -0.4 is 68.6 Å². The van der Waals surface area contributed by atoms with E-state index < -0.39 is 81.4 Å². The van der Waals surface area contributed by atoms with Crippen LogP contribution in [0.4, 0.5) is 63.1 Å². The molecule has 2 unspecified atom stereocenters. The number of esters is 1. The van der Waals surface area contributed by atoms with E-state index >= 15 is 0 Å². The molecule has 6 aromatic rings. The number of halogens is 10. The fourth-order valence-corrected chi connectivity index (χ4v) is 13.0. The number of piperidine rings is 2. The molecule has 0 saturated carbocycles. The molecule has 0 bridgehead atoms. The molecule has 2 heterocycles. The number of carbonyl (C=O) groups excluding carboxylic acids is 4. The maximum Gasteiger partial charge on any atom is 1.00 e. The molecular weight excluding hydrogens is 1630 g/mol. The Balaban J connectivity index is 0.000000601. The van der Waals surface area contributed by atoms with Gasteiger partial charge in [-0.05, 0) is 118 Å². The Hall–Kier alpha value is -8.00. The van der Waals surface area contributed by atoms with Crippen LogP contribution in [0, 0.1) is 40.5 Å². The predicted molar refractivity (Wildman–Crippen MR) is 374 cm³/mol. The Bertz CT molecular complexity index is 3870. The summed E-state index contributed by atoms with van der Waals surface area (Å²) in [6.45, 7) is 8.10. The number of hydrogen-bond acceptors (Lipinski definition) is 18. The van der Waals surface area contributed by atoms with Crippen molar-refractivity contribution in [2.45, 2.75) is 116 Å². The van der Waals surface area contributed by atoms with E-state index in [1.807, 2.05) is 26.2 Å². The van der Waals surface area contributed by atoms with Crippen LogP contribution >= 0.6 is 11.6 Å². The number of carboxylic acid groups (broad SMARTS) is 1. The molecule has 8 rings (SSSR count). The number of ether oxygens (including phenoxy) is 5. The molecule has 37 heteroatoms. The monoisotopic (exact) mass is 1720 g/mol. The van der Waals surface area contributed by atoms with E-state index in [9.17, 15) is 95.5 Å². The van der Waals surface area contributed by atoms with E-state index in [0.29, 0.717) is 56.7 Å². The first-order valence-corrected chi connectivity index (χ1v) is 34.6. The van der Waals surface area contributed by atoms with Gasteiger partial charge in [0.15, 0.2) is 6.07 Å². The molecule has 0 radical (unpaired) electrons. The Kier molecular flexibility index (Phi) is 42.0. The minimum Gasteiger partial charge on any atom is -1.00 e. The van der Waals surface area contributed by atoms with Crippen LogP contribution in [0.25, 0.3) is 0 Å². The number of benzene rings is 6. The standard InChI is InChI=1S/C36H43F3N4O9.C20H21ClF3N2O5.C16H22N2O4.CH3F.2BrH.Na/c1-42(25-29-9-15-32(16-10-29)40(46)47,24-28-7-13-31(14-8-28)36(37,38)39)22-23-50-35(45)52-27-51-34(44)6-5-21-43(19-3-2-4-20-43)26-30-11-17-33(18-12-30)41(48)49;1-26(10-11-30-19(27)31-14-21,13-16-4-8-18(9-5-16)25(28)29)12-15-2-6-17(7-3-15)20(22,23)24;19-16(20)5-4-12-18(10-2-1-3-11-18)13-14-6-8-15(9-7-14)17(21)22;1-2;;;/h7-18H,2-6,19-27H2,1H3;2-9H,10-14H2,1H3;6-9H,1-5,10-13H2;1H3;2*1H;/q+2;+1;;;;;+1/p-2/i;;;1D;;;. The zero-order valence-electron chi connectivity index (χ0n) is 62.1. The van der Waals surface area contributed by atoms with Gasteiger partial charge in [0, 0.05) is 101 Å². The number of carbonyl (C=O) groups is 4. The normalized spacial score (nSPS) is 14.5. The number of nitro benzene ring substituents is 4. The van der Waals surface area contributed by atoms with Gasteiger partial charge in [0.1, 0.15) is 65.6 Å². The fourth-order valence-electron chi connectivity index (χ4n) is 12.9. The van der Waals surface area contributed by atoms with E-state index in [-0.39, 0.29) is 140 Å². The summed E-state index contributed by atoms with van der Waals surface area (Å²) in [5.74, 6) is -1.53. The second kappa shape index (κ2) is 48.0. The summed E-state index contributed by atoms with van der Waals surface area (Å²) in [7, 11) is 2.66. The smallest absolute Gasteiger partial charge is 1.00 e. The zero-order chi connectivity index (χ0) is 79.6. The van der Waals surface area contributed by atoms with E-state index in [4.69, 9.17) is 31.9 Å². The number of quaternary nitrogens is 4. The topological polar surface area (TPSA) is 310 Å². The molecular formula is C73H89Br2ClF7N8NaO18+2. The summed E-state index contributed by atoms with van der Waals surface area (Å²) in [5.41, 5.74) is 3.32. The van der Waals surface area contributed by atoms with Gasteiger partial charge >= 0.3 is 60.2 Å². The molecule has 2 saturated heterocycles. The van der Waals surface area contributed by atoms with Gasteiger partial charge in [-0.1, -0.05) is 35.9 Å². The second-order valence-electron chi connectivity index (χ2n) is 26.7. The quantitative estimate of drug-likeness (QED) is 0.00554. The summed E-state index contributed by atoms with van der Waals surface area (Å²) in [6.07, 6.45) is -2.76. The first-order valence-electron chi connectivity index (χ1n) is 34.8. The summed E-state index contributed by atoms with van der Waals surface area (Å²) in [5, 5.41) is 54.3. The number of rotatable bonds is 33. The van der Waals surface area contributed by atoms with E-state index in [2.05, 4.69) is 4.74 Å². The number of nitro groups is 4. The summed E-state index contributed by atoms with van der Waals surface area (Å²) in [4.78, 5) is 88.5. The molecule has 0 amide bonds. The maximum absolute atomic E-state index is 13.1. The van der Waals surface area contributed by atoms with Crippen molar-refractivity contribution in [2.75, 3.05) is 99.7 Å². The molecule has 2 fully saturated rings. The Morgan fingerprint density at radius 1 is 0.464 bits per heavy atom. The van der Waals surface area contributed by atoms with Gasteiger partial charge in [-0.2, -0.15) is 26.3 Å². The van der Waals surface area contributed by atoms with Crippen molar-refractivity contribution in [1.82, 2.24) is 0 Å². The van der Waals surface area contributed by atoms with Crippen LogP contribution in [-0.4, -0.2) is 162 Å². The second-order valence-corrected chi connectivity index (χ2v) is 26.9. The van der Waals surface area contributed by atoms with Gasteiger partial charge in [-0.3, -0.25) is 49.6 Å². The van der Waals surface area contributed by atoms with Crippen LogP contribution in [0.5, 0.6) is 0 Å². The molecule has 2 aliphatic heterocycles. The zero-order valence-corrected chi connectivity index (χ0v) is 67.0. The average Bonchev–Trinajstić information content (AvgIpc) is 0.841. The predicted octanol–water partition coefficient (Wildman–Crippen LogP) is 5.64. The van der Waals surface area contributed by atoms with E-state index in [0.717, 1.165) is 133 Å². The molecule has 110 heavy (non-hydrogen) atoms. The van der Waals surface area contributed by atoms with Gasteiger partial charge in [0.25, 0.3) is 22.7 Å². The Morgan fingerprint density at radius 3 is 1.03 bits per heavy atom. The third-order valence-electron chi connectivity index (χ3n) is 18.3. The molecule has 0 aliphatic carbocycles. The third-order valence-corrected chi connectivity index (χ3v) is 18.4. The van der Waals surface area contributed by atoms with Gasteiger partial charge in [-0.15, -0.1) is 0 Å². The molecule has 0 spiro atoms. The van der Waals surface area contributed by atoms with Crippen LogP contribution in [0.3, 0.4) is 0 Å². The molecule has 0 N–H and O–H groups in total. The van der Waals surface area contributed by atoms with Gasteiger partial charge in [0.05, 0.1) is 99.1 Å². The number of carboxylic acids is 1. The maximum atomic E-state index is 13.1. The van der Waals surface area contributed by atoms with E-state index in [1.54, 1.807) is 36.4 Å². The molecule has 6 aromatic carbocycles. The average molecular weight is 1720 g/mol. The van der Waals surface area contributed by atoms with Crippen molar-refractivity contribution in [3.63, 3.8) is 0 Å². The molecule has 26 nitrogen and oxygen atoms in total. The minimum atomic E-state index is -4.48. The fraction of sp³-hybridized carbons (Fsp3) is 0.452. The van der Waals surface area contributed by atoms with E-state index in [1.165, 1.54) is 79.2 Å². The number of nitrogens with zero attached hydrogens (tertiary/aromatic N) is 8. The summed E-state index contributed by atoms with van der Waals surface area (Å²) in [6, 6.07) is 34.4. The van der Waals surface area contributed by atoms with Crippen molar-refractivity contribution in [2.24, 2.45) is 0 Å². The summed E-state index contributed by atoms with van der Waals surface area (Å²) >= 11 is 5.30. The first kappa shape index (κ1) is 96.2. The van der Waals surface area contributed by atoms with Crippen LogP contribution in [-0.2, 0) is 84.9 Å². The summed E-state index contributed by atoms with van der Waals surface area (Å²) < 4.78 is 120. The van der Waals surface area contributed by atoms with Gasteiger partial charge < -0.3 is 85.5 Å². The number of likely N-dealkylation sites (N-methyl/N-ethyl adjacent to an activating group) is 2. The van der Waals surface area contributed by atoms with Crippen molar-refractivity contribution in [1.29, 1.82) is 0 Å². The van der Waals surface area contributed by atoms with Crippen LogP contribution in [0.1, 0.15) is 110 Å². The minimum absolute atomic E-state index is 0. The molecule has 2 aliphatic rings. The number of hydrogen-bond donors (Lipinski definition) is 0. The number of aliphatic carboxylic acids is 1. The van der Waals surface area contributed by atoms with Crippen LogP contribution in [0.15, 0.2) is 146 Å². The SMILES string of the molecule is C[N+](CCOC(=O)OCCl)(Cc1ccc([N+](=O)[O-])cc1)Cc1ccc(C(F)(F)F)cc1.C[N+](CCOC(=O)OCOC(=O)CCC[N+]1(Cc2ccc([N+](=O)[O-])cc2)CCCCC1)(Cc1ccc([N+](=O)[O-])cc1)Cc1ccc(C(F)(F)F)cc1.O=C([O-])CCC[N+]1(Cc2ccc([N+](=O)[O-])cc2)CCCCC1.[2H]CF.[Br-].[Br-].[Na+]. The van der Waals surface area contributed by atoms with Gasteiger partial charge in [0.2, 0.25) is 6.79 Å². The Labute approximate surface area is 681 Å². The number of alkyl halides is 8. The number of non-ortho nitro benzene ring substituents is 4. The first-order chi connectivity index (χ1) is 51.1.